The second-order valence-corrected chi connectivity index (χ2v) is 8.79. The summed E-state index contributed by atoms with van der Waals surface area (Å²) >= 11 is 0. The Hall–Kier alpha value is -3.37. The van der Waals surface area contributed by atoms with Crippen LogP contribution < -0.4 is 9.80 Å². The number of benzene rings is 1. The number of anilines is 2. The van der Waals surface area contributed by atoms with Crippen LogP contribution in [0.2, 0.25) is 0 Å². The molecule has 34 heavy (non-hydrogen) atoms. The number of piperazine rings is 1. The fourth-order valence-electron chi connectivity index (χ4n) is 4.84. The highest BCUT2D eigenvalue weighted by Crippen LogP contribution is 2.33. The minimum Gasteiger partial charge on any atom is -0.368 e. The highest BCUT2D eigenvalue weighted by Gasteiger charge is 2.34. The van der Waals surface area contributed by atoms with Crippen molar-refractivity contribution in [1.82, 2.24) is 20.0 Å². The van der Waals surface area contributed by atoms with Gasteiger partial charge in [-0.1, -0.05) is 11.2 Å². The van der Waals surface area contributed by atoms with Gasteiger partial charge >= 0.3 is 6.18 Å². The lowest BCUT2D eigenvalue weighted by Crippen LogP contribution is -2.52. The Morgan fingerprint density at radius 2 is 1.88 bits per heavy atom. The van der Waals surface area contributed by atoms with Gasteiger partial charge in [-0.15, -0.1) is 0 Å². The third-order valence-electron chi connectivity index (χ3n) is 6.62. The van der Waals surface area contributed by atoms with Gasteiger partial charge in [0.05, 0.1) is 17.2 Å². The second-order valence-electron chi connectivity index (χ2n) is 8.79. The number of fused-ring (bicyclic) bond motifs is 1. The zero-order valence-corrected chi connectivity index (χ0v) is 18.8. The molecule has 4 heterocycles. The molecule has 2 aliphatic heterocycles. The van der Waals surface area contributed by atoms with Gasteiger partial charge in [0.1, 0.15) is 17.5 Å². The number of hydrogen-bond donors (Lipinski definition) is 0. The number of aryl methyl sites for hydroxylation is 1. The highest BCUT2D eigenvalue weighted by atomic mass is 19.4. The Kier molecular flexibility index (Phi) is 5.78. The molecule has 1 amide bonds. The maximum Gasteiger partial charge on any atom is 0.416 e. The standard InChI is InChI=1S/C23H25F3N6O2/c1-15-19-20(27-14-28-21(19)34-29-15)32-7-3-4-16(13-32)22(33)31-10-8-30(9-11-31)18-6-2-5-17(12-18)23(24,25)26/h2,5-6,12,14,16H,3-4,7-11,13H2,1H3. The van der Waals surface area contributed by atoms with Crippen LogP contribution in [0.5, 0.6) is 0 Å². The van der Waals surface area contributed by atoms with E-state index < -0.39 is 11.7 Å². The summed E-state index contributed by atoms with van der Waals surface area (Å²) in [5.41, 5.74) is 1.02. The van der Waals surface area contributed by atoms with Gasteiger partial charge in [0.2, 0.25) is 5.91 Å². The first-order valence-electron chi connectivity index (χ1n) is 11.3. The lowest BCUT2D eigenvalue weighted by atomic mass is 9.96. The molecule has 0 saturated carbocycles. The molecule has 0 N–H and O–H groups in total. The van der Waals surface area contributed by atoms with Crippen molar-refractivity contribution in [2.45, 2.75) is 25.9 Å². The van der Waals surface area contributed by atoms with Crippen molar-refractivity contribution >= 4 is 28.5 Å². The first-order valence-corrected chi connectivity index (χ1v) is 11.3. The monoisotopic (exact) mass is 474 g/mol. The van der Waals surface area contributed by atoms with Crippen molar-refractivity contribution in [3.05, 3.63) is 41.9 Å². The SMILES string of the molecule is Cc1noc2ncnc(N3CCCC(C(=O)N4CCN(c5cccc(C(F)(F)F)c5)CC4)C3)c12. The number of nitrogens with zero attached hydrogens (tertiary/aromatic N) is 6. The third-order valence-corrected chi connectivity index (χ3v) is 6.62. The molecule has 11 heteroatoms. The summed E-state index contributed by atoms with van der Waals surface area (Å²) in [6.07, 6.45) is -1.28. The van der Waals surface area contributed by atoms with E-state index in [0.717, 1.165) is 36.7 Å². The average molecular weight is 474 g/mol. The van der Waals surface area contributed by atoms with Crippen molar-refractivity contribution < 1.29 is 22.5 Å². The molecule has 2 aliphatic rings. The molecule has 0 radical (unpaired) electrons. The number of rotatable bonds is 3. The smallest absolute Gasteiger partial charge is 0.368 e. The van der Waals surface area contributed by atoms with Gasteiger partial charge in [0, 0.05) is 45.0 Å². The molecule has 3 aromatic rings. The fraction of sp³-hybridized carbons (Fsp3) is 0.478. The number of piperidine rings is 1. The van der Waals surface area contributed by atoms with Gasteiger partial charge in [-0.3, -0.25) is 4.79 Å². The number of carbonyl (C=O) groups is 1. The number of aromatic nitrogens is 3. The molecule has 1 unspecified atom stereocenters. The van der Waals surface area contributed by atoms with Crippen LogP contribution in [0.1, 0.15) is 24.1 Å². The third kappa shape index (κ3) is 4.26. The first-order chi connectivity index (χ1) is 16.3. The molecule has 0 bridgehead atoms. The molecule has 1 aromatic carbocycles. The summed E-state index contributed by atoms with van der Waals surface area (Å²) in [5.74, 6) is 0.649. The molecule has 5 rings (SSSR count). The summed E-state index contributed by atoms with van der Waals surface area (Å²) in [7, 11) is 0. The Morgan fingerprint density at radius 3 is 2.65 bits per heavy atom. The molecule has 0 spiro atoms. The van der Waals surface area contributed by atoms with Gasteiger partial charge in [-0.2, -0.15) is 18.2 Å². The predicted molar refractivity (Wildman–Crippen MR) is 120 cm³/mol. The van der Waals surface area contributed by atoms with Crippen molar-refractivity contribution in [3.63, 3.8) is 0 Å². The maximum absolute atomic E-state index is 13.3. The van der Waals surface area contributed by atoms with E-state index in [1.807, 2.05) is 16.7 Å². The molecule has 1 atom stereocenters. The Labute approximate surface area is 194 Å². The second kappa shape index (κ2) is 8.77. The summed E-state index contributed by atoms with van der Waals surface area (Å²) in [6, 6.07) is 5.35. The zero-order chi connectivity index (χ0) is 23.9. The van der Waals surface area contributed by atoms with Crippen molar-refractivity contribution in [2.24, 2.45) is 5.92 Å². The minimum absolute atomic E-state index is 0.0840. The van der Waals surface area contributed by atoms with Crippen LogP contribution >= 0.6 is 0 Å². The van der Waals surface area contributed by atoms with Crippen LogP contribution in [-0.2, 0) is 11.0 Å². The topological polar surface area (TPSA) is 78.6 Å². The van der Waals surface area contributed by atoms with E-state index in [9.17, 15) is 18.0 Å². The van der Waals surface area contributed by atoms with Crippen LogP contribution in [0.25, 0.3) is 11.1 Å². The van der Waals surface area contributed by atoms with Gasteiger partial charge in [0.15, 0.2) is 0 Å². The highest BCUT2D eigenvalue weighted by molar-refractivity contribution is 5.88. The molecule has 2 saturated heterocycles. The summed E-state index contributed by atoms with van der Waals surface area (Å²) < 4.78 is 44.4. The van der Waals surface area contributed by atoms with Gasteiger partial charge in [-0.05, 0) is 38.0 Å². The molecule has 180 valence electrons. The van der Waals surface area contributed by atoms with Crippen LogP contribution in [-0.4, -0.2) is 65.2 Å². The lowest BCUT2D eigenvalue weighted by Gasteiger charge is -2.40. The van der Waals surface area contributed by atoms with Crippen molar-refractivity contribution in [2.75, 3.05) is 49.1 Å². The minimum atomic E-state index is -4.37. The predicted octanol–water partition coefficient (Wildman–Crippen LogP) is 3.51. The van der Waals surface area contributed by atoms with Crippen LogP contribution in [0.15, 0.2) is 35.1 Å². The van der Waals surface area contributed by atoms with Crippen molar-refractivity contribution in [3.8, 4) is 0 Å². The number of carbonyl (C=O) groups excluding carboxylic acids is 1. The van der Waals surface area contributed by atoms with E-state index >= 15 is 0 Å². The van der Waals surface area contributed by atoms with E-state index in [-0.39, 0.29) is 11.8 Å². The molecule has 0 aliphatic carbocycles. The molecule has 2 aromatic heterocycles. The quantitative estimate of drug-likeness (QED) is 0.575. The zero-order valence-electron chi connectivity index (χ0n) is 18.8. The van der Waals surface area contributed by atoms with E-state index in [4.69, 9.17) is 4.52 Å². The molecule has 2 fully saturated rings. The average Bonchev–Trinajstić information content (AvgIpc) is 3.24. The van der Waals surface area contributed by atoms with E-state index in [1.165, 1.54) is 18.5 Å². The largest absolute Gasteiger partial charge is 0.416 e. The van der Waals surface area contributed by atoms with Gasteiger partial charge in [0.25, 0.3) is 5.71 Å². The number of halogens is 3. The summed E-state index contributed by atoms with van der Waals surface area (Å²) in [6.45, 7) is 5.12. The van der Waals surface area contributed by atoms with Crippen LogP contribution in [0.4, 0.5) is 24.7 Å². The van der Waals surface area contributed by atoms with Crippen LogP contribution in [0.3, 0.4) is 0 Å². The number of amides is 1. The van der Waals surface area contributed by atoms with Crippen LogP contribution in [0, 0.1) is 12.8 Å². The fourth-order valence-corrected chi connectivity index (χ4v) is 4.84. The van der Waals surface area contributed by atoms with Gasteiger partial charge < -0.3 is 19.2 Å². The van der Waals surface area contributed by atoms with E-state index in [1.54, 1.807) is 6.07 Å². The summed E-state index contributed by atoms with van der Waals surface area (Å²) in [5, 5.41) is 4.75. The van der Waals surface area contributed by atoms with Gasteiger partial charge in [-0.25, -0.2) is 4.98 Å². The molecular weight excluding hydrogens is 449 g/mol. The van der Waals surface area contributed by atoms with E-state index in [0.29, 0.717) is 49.8 Å². The Morgan fingerprint density at radius 1 is 1.09 bits per heavy atom. The lowest BCUT2D eigenvalue weighted by molar-refractivity contribution is -0.137. The number of hydrogen-bond acceptors (Lipinski definition) is 7. The maximum atomic E-state index is 13.3. The normalized spacial score (nSPS) is 19.6. The van der Waals surface area contributed by atoms with Crippen molar-refractivity contribution in [1.29, 1.82) is 0 Å². The number of alkyl halides is 3. The first kappa shape index (κ1) is 22.4. The Balaban J connectivity index is 1.24. The molecular formula is C23H25F3N6O2. The summed E-state index contributed by atoms with van der Waals surface area (Å²) in [4.78, 5) is 27.7. The van der Waals surface area contributed by atoms with E-state index in [2.05, 4.69) is 20.0 Å². The molecule has 8 nitrogen and oxygen atoms in total. The Bertz CT molecular complexity index is 1190.